The summed E-state index contributed by atoms with van der Waals surface area (Å²) < 4.78 is 0. The molecule has 1 saturated heterocycles. The largest absolute Gasteiger partial charge is 0.390 e. The minimum Gasteiger partial charge on any atom is -0.390 e. The Bertz CT molecular complexity index is 1350. The number of hydrogen-bond donors (Lipinski definition) is 3. The van der Waals surface area contributed by atoms with Gasteiger partial charge in [-0.05, 0) is 84.9 Å². The lowest BCUT2D eigenvalue weighted by Gasteiger charge is -2.27. The second-order valence-corrected chi connectivity index (χ2v) is 12.1. The van der Waals surface area contributed by atoms with Crippen molar-refractivity contribution in [3.8, 4) is 0 Å². The van der Waals surface area contributed by atoms with Crippen LogP contribution in [-0.4, -0.2) is 48.2 Å². The number of amides is 2. The van der Waals surface area contributed by atoms with Gasteiger partial charge in [-0.1, -0.05) is 67.4 Å². The highest BCUT2D eigenvalue weighted by molar-refractivity contribution is 5.99. The maximum absolute atomic E-state index is 13.8. The second kappa shape index (κ2) is 13.9. The first-order valence-corrected chi connectivity index (χ1v) is 15.3. The van der Waals surface area contributed by atoms with E-state index >= 15 is 0 Å². The van der Waals surface area contributed by atoms with Crippen LogP contribution >= 0.6 is 12.4 Å². The van der Waals surface area contributed by atoms with Crippen LogP contribution in [-0.2, 0) is 24.1 Å². The number of halogens is 1. The van der Waals surface area contributed by atoms with Crippen LogP contribution in [0.15, 0.2) is 72.8 Å². The second-order valence-electron chi connectivity index (χ2n) is 12.1. The molecule has 6 rings (SSSR count). The fourth-order valence-corrected chi connectivity index (χ4v) is 6.87. The summed E-state index contributed by atoms with van der Waals surface area (Å²) >= 11 is 0. The van der Waals surface area contributed by atoms with Gasteiger partial charge in [0.05, 0.1) is 12.1 Å². The molecule has 42 heavy (non-hydrogen) atoms. The Morgan fingerprint density at radius 1 is 0.929 bits per heavy atom. The van der Waals surface area contributed by atoms with Crippen LogP contribution < -0.4 is 15.5 Å². The molecule has 0 spiro atoms. The molecule has 2 aliphatic carbocycles. The summed E-state index contributed by atoms with van der Waals surface area (Å²) in [5.74, 6) is 0.341. The third-order valence-corrected chi connectivity index (χ3v) is 9.16. The lowest BCUT2D eigenvalue weighted by Crippen LogP contribution is -2.50. The summed E-state index contributed by atoms with van der Waals surface area (Å²) in [4.78, 5) is 28.3. The summed E-state index contributed by atoms with van der Waals surface area (Å²) in [6.45, 7) is 1.09. The number of nitrogens with one attached hydrogen (secondary N) is 2. The van der Waals surface area contributed by atoms with Gasteiger partial charge in [0.25, 0.3) is 5.91 Å². The molecule has 0 bridgehead atoms. The summed E-state index contributed by atoms with van der Waals surface area (Å²) in [5, 5.41) is 18.2. The number of carbonyl (C=O) groups excluding carboxylic acids is 2. The van der Waals surface area contributed by atoms with E-state index in [2.05, 4.69) is 41.0 Å². The first-order valence-electron chi connectivity index (χ1n) is 15.3. The first-order chi connectivity index (χ1) is 20.0. The first kappa shape index (κ1) is 30.3. The van der Waals surface area contributed by atoms with Gasteiger partial charge in [-0.15, -0.1) is 12.4 Å². The summed E-state index contributed by atoms with van der Waals surface area (Å²) in [6, 6.07) is 24.3. The molecule has 6 nitrogen and oxygen atoms in total. The van der Waals surface area contributed by atoms with Crippen molar-refractivity contribution in [2.75, 3.05) is 18.0 Å². The predicted octanol–water partition coefficient (Wildman–Crippen LogP) is 5.35. The average molecular weight is 588 g/mol. The van der Waals surface area contributed by atoms with E-state index in [4.69, 9.17) is 0 Å². The smallest absolute Gasteiger partial charge is 0.251 e. The van der Waals surface area contributed by atoms with Gasteiger partial charge in [-0.25, -0.2) is 0 Å². The Balaban J connectivity index is 0.00000353. The van der Waals surface area contributed by atoms with Crippen LogP contribution in [0.4, 0.5) is 5.69 Å². The van der Waals surface area contributed by atoms with Gasteiger partial charge in [-0.2, -0.15) is 0 Å². The fourth-order valence-electron chi connectivity index (χ4n) is 6.87. The molecule has 3 N–H and O–H groups in total. The van der Waals surface area contributed by atoms with Crippen molar-refractivity contribution in [3.05, 3.63) is 101 Å². The Labute approximate surface area is 255 Å². The standard InChI is InChI=1S/C35H41N3O3.ClH/c39-33(23-36-30-19-26-13-6-7-14-27(26)20-30)32(17-24-9-2-1-3-10-24)37-35(41)29-18-28(25-11-4-5-12-25)21-31(22-29)38-16-8-15-34(38)40;/h1-3,6-7,9-10,13-14,18,21-22,25,30,32-33,36,39H,4-5,8,11-12,15-17,19-20,23H2,(H,37,41);1H/t32-,33-;/m0./s1. The zero-order valence-electron chi connectivity index (χ0n) is 24.1. The van der Waals surface area contributed by atoms with Gasteiger partial charge in [0, 0.05) is 36.8 Å². The van der Waals surface area contributed by atoms with Gasteiger partial charge in [0.2, 0.25) is 5.91 Å². The molecule has 222 valence electrons. The fraction of sp³-hybridized carbons (Fsp3) is 0.429. The van der Waals surface area contributed by atoms with E-state index in [-0.39, 0.29) is 30.3 Å². The number of anilines is 1. The molecule has 1 aliphatic heterocycles. The highest BCUT2D eigenvalue weighted by Crippen LogP contribution is 2.37. The van der Waals surface area contributed by atoms with E-state index in [1.165, 1.54) is 24.0 Å². The molecule has 3 aromatic rings. The molecule has 3 aromatic carbocycles. The Morgan fingerprint density at radius 3 is 2.29 bits per heavy atom. The molecule has 2 amide bonds. The zero-order chi connectivity index (χ0) is 28.2. The highest BCUT2D eigenvalue weighted by Gasteiger charge is 2.28. The molecule has 0 radical (unpaired) electrons. The van der Waals surface area contributed by atoms with Crippen LogP contribution in [0.1, 0.15) is 77.1 Å². The quantitative estimate of drug-likeness (QED) is 0.299. The van der Waals surface area contributed by atoms with Crippen LogP contribution in [0.2, 0.25) is 0 Å². The van der Waals surface area contributed by atoms with Gasteiger partial charge < -0.3 is 20.6 Å². The number of aliphatic hydroxyl groups excluding tert-OH is 1. The molecule has 3 aliphatic rings. The maximum Gasteiger partial charge on any atom is 0.251 e. The third-order valence-electron chi connectivity index (χ3n) is 9.16. The Hall–Kier alpha value is -3.19. The van der Waals surface area contributed by atoms with Gasteiger partial charge in [0.15, 0.2) is 0 Å². The summed E-state index contributed by atoms with van der Waals surface area (Å²) in [6.07, 6.45) is 7.69. The maximum atomic E-state index is 13.8. The lowest BCUT2D eigenvalue weighted by molar-refractivity contribution is -0.117. The van der Waals surface area contributed by atoms with Crippen LogP contribution in [0.5, 0.6) is 0 Å². The molecule has 7 heteroatoms. The molecule has 1 heterocycles. The van der Waals surface area contributed by atoms with Crippen molar-refractivity contribution in [2.45, 2.75) is 81.9 Å². The van der Waals surface area contributed by atoms with Crippen molar-refractivity contribution in [3.63, 3.8) is 0 Å². The van der Waals surface area contributed by atoms with Crippen molar-refractivity contribution in [1.29, 1.82) is 0 Å². The van der Waals surface area contributed by atoms with Crippen LogP contribution in [0, 0.1) is 0 Å². The van der Waals surface area contributed by atoms with Crippen molar-refractivity contribution in [1.82, 2.24) is 10.6 Å². The predicted molar refractivity (Wildman–Crippen MR) is 170 cm³/mol. The van der Waals surface area contributed by atoms with Crippen molar-refractivity contribution < 1.29 is 14.7 Å². The molecular weight excluding hydrogens is 546 g/mol. The zero-order valence-corrected chi connectivity index (χ0v) is 25.0. The lowest BCUT2D eigenvalue weighted by atomic mass is 9.94. The number of hydrogen-bond acceptors (Lipinski definition) is 4. The summed E-state index contributed by atoms with van der Waals surface area (Å²) in [5.41, 5.74) is 6.32. The molecule has 1 saturated carbocycles. The number of fused-ring (bicyclic) bond motifs is 1. The topological polar surface area (TPSA) is 81.7 Å². The van der Waals surface area contributed by atoms with E-state index in [9.17, 15) is 14.7 Å². The third kappa shape index (κ3) is 7.05. The van der Waals surface area contributed by atoms with E-state index in [1.54, 1.807) is 0 Å². The number of nitrogens with zero attached hydrogens (tertiary/aromatic N) is 1. The minimum absolute atomic E-state index is 0. The molecule has 0 unspecified atom stereocenters. The monoisotopic (exact) mass is 587 g/mol. The number of carbonyl (C=O) groups is 2. The van der Waals surface area contributed by atoms with Gasteiger partial charge in [0.1, 0.15) is 0 Å². The van der Waals surface area contributed by atoms with Crippen molar-refractivity contribution >= 4 is 29.9 Å². The number of rotatable bonds is 10. The van der Waals surface area contributed by atoms with E-state index < -0.39 is 12.1 Å². The average Bonchev–Trinajstić information content (AvgIpc) is 3.77. The molecule has 2 atom stereocenters. The van der Waals surface area contributed by atoms with Gasteiger partial charge in [-0.3, -0.25) is 9.59 Å². The Morgan fingerprint density at radius 2 is 1.62 bits per heavy atom. The van der Waals surface area contributed by atoms with Gasteiger partial charge >= 0.3 is 0 Å². The SMILES string of the molecule is Cl.O=C(N[C@@H](Cc1ccccc1)[C@@H](O)CNC1Cc2ccccc2C1)c1cc(C2CCCC2)cc(N2CCCC2=O)c1. The molecule has 2 fully saturated rings. The molecule has 0 aromatic heterocycles. The van der Waals surface area contributed by atoms with E-state index in [0.29, 0.717) is 37.4 Å². The van der Waals surface area contributed by atoms with Crippen molar-refractivity contribution in [2.24, 2.45) is 0 Å². The minimum atomic E-state index is -0.763. The van der Waals surface area contributed by atoms with Crippen LogP contribution in [0.3, 0.4) is 0 Å². The highest BCUT2D eigenvalue weighted by atomic mass is 35.5. The van der Waals surface area contributed by atoms with Crippen LogP contribution in [0.25, 0.3) is 0 Å². The number of benzene rings is 3. The Kier molecular flexibility index (Phi) is 9.99. The van der Waals surface area contributed by atoms with E-state index in [1.807, 2.05) is 47.4 Å². The van der Waals surface area contributed by atoms with E-state index in [0.717, 1.165) is 48.9 Å². The number of aliphatic hydroxyl groups is 1. The summed E-state index contributed by atoms with van der Waals surface area (Å²) in [7, 11) is 0. The normalized spacial score (nSPS) is 18.5. The molecular formula is C35H42ClN3O3.